The molecule has 2 N–H and O–H groups in total. The number of imidazole rings is 1. The van der Waals surface area contributed by atoms with E-state index in [-0.39, 0.29) is 18.8 Å². The number of carbonyl (C=O) groups excluding carboxylic acids is 2. The molecule has 0 aromatic carbocycles. The van der Waals surface area contributed by atoms with Crippen LogP contribution in [0, 0.1) is 10.8 Å². The molecule has 0 aliphatic carbocycles. The summed E-state index contributed by atoms with van der Waals surface area (Å²) in [5.41, 5.74) is 5.09. The van der Waals surface area contributed by atoms with Gasteiger partial charge in [-0.05, 0) is 41.5 Å². The van der Waals surface area contributed by atoms with Crippen LogP contribution in [0.25, 0.3) is 11.2 Å². The van der Waals surface area contributed by atoms with Gasteiger partial charge in [-0.15, -0.1) is 0 Å². The summed E-state index contributed by atoms with van der Waals surface area (Å²) in [4.78, 5) is 36.6. The van der Waals surface area contributed by atoms with Crippen molar-refractivity contribution in [3.63, 3.8) is 0 Å². The van der Waals surface area contributed by atoms with E-state index in [4.69, 9.17) is 19.9 Å². The molecular weight excluding hydrogens is 425 g/mol. The number of aromatic nitrogens is 4. The van der Waals surface area contributed by atoms with Crippen molar-refractivity contribution in [3.8, 4) is 0 Å². The van der Waals surface area contributed by atoms with Crippen LogP contribution in [0.3, 0.4) is 0 Å². The first-order valence-electron chi connectivity index (χ1n) is 9.65. The molecule has 2 aromatic heterocycles. The molecule has 2 heterocycles. The number of ether oxygens (including phenoxy) is 3. The Morgan fingerprint density at radius 2 is 1.65 bits per heavy atom. The molecule has 31 heavy (non-hydrogen) atoms. The molecule has 1 atom stereocenters. The van der Waals surface area contributed by atoms with Crippen molar-refractivity contribution in [2.45, 2.75) is 54.1 Å². The maximum atomic E-state index is 12.7. The van der Waals surface area contributed by atoms with Crippen molar-refractivity contribution in [2.75, 3.05) is 18.7 Å². The van der Waals surface area contributed by atoms with Gasteiger partial charge in [-0.1, -0.05) is 4.57 Å². The number of esters is 2. The molecule has 2 rings (SSSR count). The van der Waals surface area contributed by atoms with Crippen molar-refractivity contribution in [3.05, 3.63) is 12.7 Å². The van der Waals surface area contributed by atoms with Crippen molar-refractivity contribution < 1.29 is 28.4 Å². The monoisotopic (exact) mass is 454 g/mol. The molecule has 0 aliphatic heterocycles. The SMILES string of the molecule is CC(C)(C)C(=O)OC(OC(=O)C(C)(C)C)[P+](=O)COCCn1cnc2c(N)ncnc21. The predicted molar refractivity (Wildman–Crippen MR) is 113 cm³/mol. The van der Waals surface area contributed by atoms with Gasteiger partial charge >= 0.3 is 25.8 Å². The van der Waals surface area contributed by atoms with E-state index in [2.05, 4.69) is 15.0 Å². The number of hydrogen-bond acceptors (Lipinski definition) is 10. The number of fused-ring (bicyclic) bond motifs is 1. The fourth-order valence-corrected chi connectivity index (χ4v) is 2.98. The van der Waals surface area contributed by atoms with Crippen molar-refractivity contribution in [2.24, 2.45) is 10.8 Å². The summed E-state index contributed by atoms with van der Waals surface area (Å²) in [6.07, 6.45) is 2.63. The van der Waals surface area contributed by atoms with E-state index in [0.29, 0.717) is 17.7 Å². The summed E-state index contributed by atoms with van der Waals surface area (Å²) in [5.74, 6) is -0.994. The highest BCUT2D eigenvalue weighted by atomic mass is 31.1. The highest BCUT2D eigenvalue weighted by molar-refractivity contribution is 7.44. The van der Waals surface area contributed by atoms with E-state index in [9.17, 15) is 14.2 Å². The van der Waals surface area contributed by atoms with Crippen LogP contribution in [0.1, 0.15) is 41.5 Å². The van der Waals surface area contributed by atoms with Gasteiger partial charge in [-0.2, -0.15) is 0 Å². The molecule has 2 aromatic rings. The number of anilines is 1. The van der Waals surface area contributed by atoms with Gasteiger partial charge in [-0.3, -0.25) is 9.59 Å². The Bertz CT molecular complexity index is 935. The maximum Gasteiger partial charge on any atom is 0.457 e. The van der Waals surface area contributed by atoms with Gasteiger partial charge < -0.3 is 24.5 Å². The smallest absolute Gasteiger partial charge is 0.384 e. The summed E-state index contributed by atoms with van der Waals surface area (Å²) < 4.78 is 30.3. The Labute approximate surface area is 181 Å². The van der Waals surface area contributed by atoms with Crippen molar-refractivity contribution >= 4 is 36.7 Å². The standard InChI is InChI=1S/C19H29N5O6P/c1-18(2,3)15(25)29-17(30-16(26)19(4,5)6)31(27)11-28-8-7-24-10-23-12-13(20)21-9-22-14(12)24/h9-10,17H,7-8,11H2,1-6H3,(H2,20,21,22)/q+1. The van der Waals surface area contributed by atoms with Gasteiger partial charge in [0, 0.05) is 6.54 Å². The van der Waals surface area contributed by atoms with Crippen molar-refractivity contribution in [1.29, 1.82) is 0 Å². The molecule has 12 heteroatoms. The fourth-order valence-electron chi connectivity index (χ4n) is 2.12. The van der Waals surface area contributed by atoms with Gasteiger partial charge in [0.15, 0.2) is 11.5 Å². The Balaban J connectivity index is 1.97. The lowest BCUT2D eigenvalue weighted by atomic mass is 9.97. The topological polar surface area (TPSA) is 149 Å². The molecule has 0 saturated carbocycles. The number of nitrogen functional groups attached to an aromatic ring is 1. The van der Waals surface area contributed by atoms with E-state index in [0.717, 1.165) is 0 Å². The van der Waals surface area contributed by atoms with Gasteiger partial charge in [-0.25, -0.2) is 15.0 Å². The van der Waals surface area contributed by atoms with Crippen LogP contribution in [-0.4, -0.2) is 50.4 Å². The first kappa shape index (κ1) is 24.6. The van der Waals surface area contributed by atoms with Crippen LogP contribution in [0.15, 0.2) is 12.7 Å². The van der Waals surface area contributed by atoms with Crippen LogP contribution in [0.2, 0.25) is 0 Å². The predicted octanol–water partition coefficient (Wildman–Crippen LogP) is 2.67. The average molecular weight is 454 g/mol. The first-order chi connectivity index (χ1) is 14.3. The third-order valence-electron chi connectivity index (χ3n) is 4.00. The summed E-state index contributed by atoms with van der Waals surface area (Å²) in [6, 6.07) is -1.53. The van der Waals surface area contributed by atoms with Crippen LogP contribution in [0.5, 0.6) is 0 Å². The highest BCUT2D eigenvalue weighted by Gasteiger charge is 2.42. The largest absolute Gasteiger partial charge is 0.457 e. The van der Waals surface area contributed by atoms with Crippen LogP contribution < -0.4 is 5.73 Å². The Morgan fingerprint density at radius 3 is 2.19 bits per heavy atom. The summed E-state index contributed by atoms with van der Waals surface area (Å²) in [7, 11) is -2.34. The van der Waals surface area contributed by atoms with Crippen LogP contribution in [-0.2, 0) is 34.9 Å². The number of nitrogens with zero attached hydrogens (tertiary/aromatic N) is 4. The minimum absolute atomic E-state index is 0.170. The Hall–Kier alpha value is -2.65. The fraction of sp³-hybridized carbons (Fsp3) is 0.632. The molecule has 1 unspecified atom stereocenters. The van der Waals surface area contributed by atoms with Gasteiger partial charge in [0.1, 0.15) is 11.8 Å². The number of hydrogen-bond donors (Lipinski definition) is 1. The van der Waals surface area contributed by atoms with Crippen LogP contribution >= 0.6 is 7.80 Å². The molecule has 0 fully saturated rings. The third-order valence-corrected chi connectivity index (χ3v) is 5.12. The van der Waals surface area contributed by atoms with Gasteiger partial charge in [0.2, 0.25) is 0 Å². The molecule has 0 aliphatic rings. The van der Waals surface area contributed by atoms with Gasteiger partial charge in [0.25, 0.3) is 6.35 Å². The van der Waals surface area contributed by atoms with E-state index < -0.39 is 36.6 Å². The molecule has 0 amide bonds. The molecular formula is C19H29N5O6P+. The third kappa shape index (κ3) is 6.67. The molecule has 11 nitrogen and oxygen atoms in total. The van der Waals surface area contributed by atoms with E-state index >= 15 is 0 Å². The summed E-state index contributed by atoms with van der Waals surface area (Å²) in [5, 5.41) is 0. The summed E-state index contributed by atoms with van der Waals surface area (Å²) in [6.45, 7) is 10.4. The zero-order valence-electron chi connectivity index (χ0n) is 18.6. The highest BCUT2D eigenvalue weighted by Crippen LogP contribution is 2.34. The Kier molecular flexibility index (Phi) is 7.67. The lowest BCUT2D eigenvalue weighted by Crippen LogP contribution is -2.33. The molecule has 0 saturated heterocycles. The quantitative estimate of drug-likeness (QED) is 0.273. The maximum absolute atomic E-state index is 12.7. The first-order valence-corrected chi connectivity index (χ1v) is 11.2. The number of rotatable bonds is 8. The van der Waals surface area contributed by atoms with E-state index in [1.165, 1.54) is 6.33 Å². The molecule has 0 spiro atoms. The lowest BCUT2D eigenvalue weighted by molar-refractivity contribution is -0.185. The second-order valence-corrected chi connectivity index (χ2v) is 10.5. The number of nitrogens with two attached hydrogens (primary N) is 1. The average Bonchev–Trinajstić information content (AvgIpc) is 3.07. The minimum Gasteiger partial charge on any atom is -0.384 e. The number of carbonyl (C=O) groups is 2. The van der Waals surface area contributed by atoms with Gasteiger partial charge in [0.05, 0.1) is 23.8 Å². The summed E-state index contributed by atoms with van der Waals surface area (Å²) >= 11 is 0. The minimum atomic E-state index is -2.34. The van der Waals surface area contributed by atoms with E-state index in [1.807, 2.05) is 0 Å². The Morgan fingerprint density at radius 1 is 1.06 bits per heavy atom. The second kappa shape index (κ2) is 9.65. The molecule has 170 valence electrons. The molecule has 0 radical (unpaired) electrons. The lowest BCUT2D eigenvalue weighted by Gasteiger charge is -2.21. The normalized spacial score (nSPS) is 12.8. The molecule has 0 bridgehead atoms. The van der Waals surface area contributed by atoms with E-state index in [1.54, 1.807) is 52.4 Å². The second-order valence-electron chi connectivity index (χ2n) is 8.94. The zero-order valence-corrected chi connectivity index (χ0v) is 19.5. The zero-order chi connectivity index (χ0) is 23.4. The van der Waals surface area contributed by atoms with Crippen molar-refractivity contribution in [1.82, 2.24) is 19.5 Å². The van der Waals surface area contributed by atoms with Crippen LogP contribution in [0.4, 0.5) is 5.82 Å².